The van der Waals surface area contributed by atoms with E-state index in [4.69, 9.17) is 9.84 Å². The Morgan fingerprint density at radius 2 is 1.77 bits per heavy atom. The van der Waals surface area contributed by atoms with Crippen LogP contribution in [0.2, 0.25) is 0 Å². The summed E-state index contributed by atoms with van der Waals surface area (Å²) in [6.07, 6.45) is -2.72. The van der Waals surface area contributed by atoms with E-state index in [-0.39, 0.29) is 6.61 Å². The van der Waals surface area contributed by atoms with Gasteiger partial charge >= 0.3 is 0 Å². The Morgan fingerprint density at radius 3 is 2.23 bits per heavy atom. The molecule has 2 unspecified atom stereocenters. The lowest BCUT2D eigenvalue weighted by Gasteiger charge is -2.39. The van der Waals surface area contributed by atoms with Gasteiger partial charge in [-0.3, -0.25) is 0 Å². The Kier molecular flexibility index (Phi) is 3.96. The van der Waals surface area contributed by atoms with Crippen LogP contribution in [-0.4, -0.2) is 63.1 Å². The second-order valence-corrected chi connectivity index (χ2v) is 3.87. The van der Waals surface area contributed by atoms with Gasteiger partial charge in [0.25, 0.3) is 0 Å². The minimum absolute atomic E-state index is 0.373. The van der Waals surface area contributed by atoms with Crippen molar-refractivity contribution in [3.05, 3.63) is 0 Å². The van der Waals surface area contributed by atoms with Gasteiger partial charge in [-0.15, -0.1) is 11.8 Å². The maximum Gasteiger partial charge on any atom is 0.132 e. The van der Waals surface area contributed by atoms with E-state index in [0.29, 0.717) is 0 Å². The molecule has 0 aliphatic carbocycles. The molecule has 1 saturated heterocycles. The first kappa shape index (κ1) is 11.2. The highest BCUT2D eigenvalue weighted by Gasteiger charge is 2.42. The summed E-state index contributed by atoms with van der Waals surface area (Å²) < 4.78 is 5.13. The summed E-state index contributed by atoms with van der Waals surface area (Å²) in [7, 11) is 0. The average molecular weight is 210 g/mol. The van der Waals surface area contributed by atoms with E-state index in [2.05, 4.69) is 0 Å². The van der Waals surface area contributed by atoms with Crippen LogP contribution < -0.4 is 0 Å². The first-order valence-corrected chi connectivity index (χ1v) is 5.24. The zero-order valence-corrected chi connectivity index (χ0v) is 8.02. The molecule has 1 rings (SSSR count). The van der Waals surface area contributed by atoms with Gasteiger partial charge in [-0.1, -0.05) is 0 Å². The molecule has 0 amide bonds. The van der Waals surface area contributed by atoms with Gasteiger partial charge in [0.05, 0.1) is 6.61 Å². The molecular formula is C7H14O5S. The largest absolute Gasteiger partial charge is 0.394 e. The predicted molar refractivity (Wildman–Crippen MR) is 47.3 cm³/mol. The highest BCUT2D eigenvalue weighted by molar-refractivity contribution is 7.99. The lowest BCUT2D eigenvalue weighted by molar-refractivity contribution is -0.205. The average Bonchev–Trinajstić information content (AvgIpc) is 2.15. The SMILES string of the molecule is CS[C@H]1OC(CO)[C@@H](O)C(O)[C@@H]1O. The Bertz CT molecular complexity index is 147. The maximum atomic E-state index is 9.38. The van der Waals surface area contributed by atoms with E-state index >= 15 is 0 Å². The molecule has 5 nitrogen and oxygen atoms in total. The molecule has 78 valence electrons. The van der Waals surface area contributed by atoms with Gasteiger partial charge in [0, 0.05) is 0 Å². The Morgan fingerprint density at radius 1 is 1.15 bits per heavy atom. The van der Waals surface area contributed by atoms with Crippen molar-refractivity contribution < 1.29 is 25.2 Å². The Balaban J connectivity index is 2.66. The molecule has 0 aromatic carbocycles. The Labute approximate surface area is 80.3 Å². The van der Waals surface area contributed by atoms with Crippen LogP contribution in [0.3, 0.4) is 0 Å². The minimum atomic E-state index is -1.26. The lowest BCUT2D eigenvalue weighted by atomic mass is 10.0. The lowest BCUT2D eigenvalue weighted by Crippen LogP contribution is -2.57. The van der Waals surface area contributed by atoms with Gasteiger partial charge in [0.1, 0.15) is 29.9 Å². The summed E-state index contributed by atoms with van der Waals surface area (Å²) in [5.41, 5.74) is -0.601. The second kappa shape index (κ2) is 4.59. The summed E-state index contributed by atoms with van der Waals surface area (Å²) in [4.78, 5) is 0. The molecule has 0 bridgehead atoms. The van der Waals surface area contributed by atoms with E-state index in [1.165, 1.54) is 11.8 Å². The summed E-state index contributed by atoms with van der Waals surface area (Å²) >= 11 is 1.22. The molecule has 0 radical (unpaired) electrons. The van der Waals surface area contributed by atoms with Crippen LogP contribution in [0, 0.1) is 0 Å². The van der Waals surface area contributed by atoms with Gasteiger partial charge in [-0.25, -0.2) is 0 Å². The smallest absolute Gasteiger partial charge is 0.132 e. The summed E-state index contributed by atoms with van der Waals surface area (Å²) in [6, 6.07) is 0. The molecule has 5 atom stereocenters. The van der Waals surface area contributed by atoms with E-state index in [1.807, 2.05) is 0 Å². The normalized spacial score (nSPS) is 46.4. The number of hydrogen-bond acceptors (Lipinski definition) is 6. The zero-order valence-electron chi connectivity index (χ0n) is 7.20. The van der Waals surface area contributed by atoms with Gasteiger partial charge in [-0.2, -0.15) is 0 Å². The van der Waals surface area contributed by atoms with Gasteiger partial charge < -0.3 is 25.2 Å². The number of thioether (sulfide) groups is 1. The molecule has 0 spiro atoms. The van der Waals surface area contributed by atoms with Gasteiger partial charge in [-0.05, 0) is 6.26 Å². The van der Waals surface area contributed by atoms with E-state index in [0.717, 1.165) is 0 Å². The monoisotopic (exact) mass is 210 g/mol. The molecule has 1 heterocycles. The van der Waals surface area contributed by atoms with Crippen LogP contribution in [0.5, 0.6) is 0 Å². The molecule has 0 aromatic heterocycles. The van der Waals surface area contributed by atoms with Crippen LogP contribution in [-0.2, 0) is 4.74 Å². The fraction of sp³-hybridized carbons (Fsp3) is 1.00. The highest BCUT2D eigenvalue weighted by atomic mass is 32.2. The number of aliphatic hydroxyl groups is 4. The van der Waals surface area contributed by atoms with Crippen molar-refractivity contribution in [2.75, 3.05) is 12.9 Å². The molecule has 1 aliphatic heterocycles. The van der Waals surface area contributed by atoms with Gasteiger partial charge in [0.2, 0.25) is 0 Å². The van der Waals surface area contributed by atoms with Crippen LogP contribution in [0.15, 0.2) is 0 Å². The van der Waals surface area contributed by atoms with Crippen molar-refractivity contribution in [3.63, 3.8) is 0 Å². The van der Waals surface area contributed by atoms with Gasteiger partial charge in [0.15, 0.2) is 0 Å². The third-order valence-electron chi connectivity index (χ3n) is 2.08. The van der Waals surface area contributed by atoms with Crippen molar-refractivity contribution in [3.8, 4) is 0 Å². The quantitative estimate of drug-likeness (QED) is 0.428. The number of rotatable bonds is 2. The van der Waals surface area contributed by atoms with Crippen molar-refractivity contribution in [1.29, 1.82) is 0 Å². The maximum absolute atomic E-state index is 9.38. The number of aliphatic hydroxyl groups excluding tert-OH is 4. The highest BCUT2D eigenvalue weighted by Crippen LogP contribution is 2.26. The second-order valence-electron chi connectivity index (χ2n) is 2.93. The van der Waals surface area contributed by atoms with Crippen molar-refractivity contribution in [2.24, 2.45) is 0 Å². The van der Waals surface area contributed by atoms with Crippen LogP contribution in [0.25, 0.3) is 0 Å². The topological polar surface area (TPSA) is 90.2 Å². The summed E-state index contributed by atoms with van der Waals surface area (Å²) in [5.74, 6) is 0. The molecule has 13 heavy (non-hydrogen) atoms. The molecule has 0 aromatic rings. The standard InChI is InChI=1S/C7H14O5S/c1-13-7-6(11)5(10)4(9)3(2-8)12-7/h3-11H,2H2,1H3/t3?,4-,5?,6+,7-/m1/s1. The molecule has 1 fully saturated rings. The van der Waals surface area contributed by atoms with E-state index in [9.17, 15) is 15.3 Å². The fourth-order valence-corrected chi connectivity index (χ4v) is 1.96. The van der Waals surface area contributed by atoms with Crippen LogP contribution in [0.1, 0.15) is 0 Å². The van der Waals surface area contributed by atoms with Crippen LogP contribution in [0.4, 0.5) is 0 Å². The van der Waals surface area contributed by atoms with Crippen molar-refractivity contribution in [2.45, 2.75) is 29.9 Å². The van der Waals surface area contributed by atoms with Crippen molar-refractivity contribution >= 4 is 11.8 Å². The molecule has 1 aliphatic rings. The predicted octanol–water partition coefficient (Wildman–Crippen LogP) is -1.85. The molecule has 4 N–H and O–H groups in total. The van der Waals surface area contributed by atoms with E-state index < -0.39 is 29.9 Å². The minimum Gasteiger partial charge on any atom is -0.394 e. The molecular weight excluding hydrogens is 196 g/mol. The van der Waals surface area contributed by atoms with E-state index in [1.54, 1.807) is 6.26 Å². The first-order valence-electron chi connectivity index (χ1n) is 3.95. The summed E-state index contributed by atoms with van der Waals surface area (Å²) in [6.45, 7) is -0.373. The molecule has 0 saturated carbocycles. The summed E-state index contributed by atoms with van der Waals surface area (Å²) in [5, 5.41) is 36.8. The van der Waals surface area contributed by atoms with Crippen LogP contribution >= 0.6 is 11.8 Å². The number of hydrogen-bond donors (Lipinski definition) is 4. The third-order valence-corrected chi connectivity index (χ3v) is 2.94. The molecule has 6 heteroatoms. The van der Waals surface area contributed by atoms with Crippen molar-refractivity contribution in [1.82, 2.24) is 0 Å². The zero-order chi connectivity index (χ0) is 10.0. The number of ether oxygens (including phenoxy) is 1. The Hall–Kier alpha value is 0.150. The fourth-order valence-electron chi connectivity index (χ4n) is 1.26. The third kappa shape index (κ3) is 2.15. The first-order chi connectivity index (χ1) is 6.11.